The molecule has 0 spiro atoms. The van der Waals surface area contributed by atoms with Crippen LogP contribution in [0.4, 0.5) is 0 Å². The van der Waals surface area contributed by atoms with Gasteiger partial charge in [0.05, 0.1) is 0 Å². The number of allylic oxidation sites excluding steroid dienone is 1. The molecule has 0 radical (unpaired) electrons. The lowest BCUT2D eigenvalue weighted by atomic mass is 9.76. The van der Waals surface area contributed by atoms with E-state index in [9.17, 15) is 4.79 Å². The van der Waals surface area contributed by atoms with Crippen LogP contribution in [0.3, 0.4) is 0 Å². The molecule has 1 rings (SSSR count). The summed E-state index contributed by atoms with van der Waals surface area (Å²) < 4.78 is 5.55. The standard InChI is InChI=1S/C20H24O2/c1-7-16(3)20(8-2,18(21)22-19(4,5)6)15-14-17-12-10-9-11-13-17/h7-13,16H,1-2H2,3-6H3/t16?,20-/m1/s1. The fourth-order valence-electron chi connectivity index (χ4n) is 1.92. The summed E-state index contributed by atoms with van der Waals surface area (Å²) in [5.41, 5.74) is -0.848. The van der Waals surface area contributed by atoms with Gasteiger partial charge in [0, 0.05) is 11.5 Å². The quantitative estimate of drug-likeness (QED) is 0.468. The number of rotatable bonds is 4. The summed E-state index contributed by atoms with van der Waals surface area (Å²) in [6.07, 6.45) is 3.26. The van der Waals surface area contributed by atoms with E-state index in [1.807, 2.05) is 58.0 Å². The third-order valence-corrected chi connectivity index (χ3v) is 3.32. The summed E-state index contributed by atoms with van der Waals surface area (Å²) in [4.78, 5) is 12.7. The molecule has 0 aliphatic carbocycles. The number of ether oxygens (including phenoxy) is 1. The maximum absolute atomic E-state index is 12.7. The fourth-order valence-corrected chi connectivity index (χ4v) is 1.92. The van der Waals surface area contributed by atoms with E-state index in [-0.39, 0.29) is 5.92 Å². The van der Waals surface area contributed by atoms with Crippen LogP contribution in [0.1, 0.15) is 33.3 Å². The number of hydrogen-bond acceptors (Lipinski definition) is 2. The van der Waals surface area contributed by atoms with E-state index in [1.54, 1.807) is 12.2 Å². The summed E-state index contributed by atoms with van der Waals surface area (Å²) in [5, 5.41) is 0. The molecule has 0 heterocycles. The third kappa shape index (κ3) is 4.36. The number of carbonyl (C=O) groups is 1. The predicted molar refractivity (Wildman–Crippen MR) is 91.2 cm³/mol. The minimum atomic E-state index is -1.11. The van der Waals surface area contributed by atoms with E-state index in [2.05, 4.69) is 25.0 Å². The first-order chi connectivity index (χ1) is 10.2. The monoisotopic (exact) mass is 296 g/mol. The normalized spacial score (nSPS) is 14.7. The Morgan fingerprint density at radius 3 is 2.27 bits per heavy atom. The Balaban J connectivity index is 3.29. The smallest absolute Gasteiger partial charge is 0.329 e. The second-order valence-corrected chi connectivity index (χ2v) is 6.22. The summed E-state index contributed by atoms with van der Waals surface area (Å²) in [6.45, 7) is 15.0. The van der Waals surface area contributed by atoms with E-state index >= 15 is 0 Å². The molecule has 0 aromatic heterocycles. The van der Waals surface area contributed by atoms with Gasteiger partial charge >= 0.3 is 5.97 Å². The van der Waals surface area contributed by atoms with E-state index in [4.69, 9.17) is 4.74 Å². The maximum Gasteiger partial charge on any atom is 0.329 e. The molecule has 1 unspecified atom stereocenters. The molecule has 2 atom stereocenters. The second-order valence-electron chi connectivity index (χ2n) is 6.22. The van der Waals surface area contributed by atoms with Gasteiger partial charge in [0.2, 0.25) is 0 Å². The SMILES string of the molecule is C=CC(C)[C@](C#Cc1ccccc1)(C=C)C(=O)OC(C)(C)C. The molecule has 0 amide bonds. The van der Waals surface area contributed by atoms with Crippen LogP contribution in [-0.4, -0.2) is 11.6 Å². The number of benzene rings is 1. The molecular formula is C20H24O2. The summed E-state index contributed by atoms with van der Waals surface area (Å²) in [7, 11) is 0. The molecule has 0 aliphatic heterocycles. The first-order valence-electron chi connectivity index (χ1n) is 7.33. The Morgan fingerprint density at radius 1 is 1.23 bits per heavy atom. The summed E-state index contributed by atoms with van der Waals surface area (Å²) in [5.74, 6) is 5.50. The van der Waals surface area contributed by atoms with Crippen LogP contribution in [0.5, 0.6) is 0 Å². The van der Waals surface area contributed by atoms with Crippen molar-refractivity contribution in [3.05, 3.63) is 61.2 Å². The van der Waals surface area contributed by atoms with Crippen LogP contribution >= 0.6 is 0 Å². The molecule has 0 N–H and O–H groups in total. The van der Waals surface area contributed by atoms with E-state index < -0.39 is 17.0 Å². The van der Waals surface area contributed by atoms with Gasteiger partial charge in [0.1, 0.15) is 5.60 Å². The van der Waals surface area contributed by atoms with Crippen LogP contribution in [0, 0.1) is 23.2 Å². The van der Waals surface area contributed by atoms with Crippen LogP contribution in [0.2, 0.25) is 0 Å². The summed E-state index contributed by atoms with van der Waals surface area (Å²) >= 11 is 0. The average Bonchev–Trinajstić information content (AvgIpc) is 2.47. The minimum Gasteiger partial charge on any atom is -0.459 e. The van der Waals surface area contributed by atoms with Gasteiger partial charge in [-0.25, -0.2) is 0 Å². The van der Waals surface area contributed by atoms with E-state index in [0.717, 1.165) is 5.56 Å². The van der Waals surface area contributed by atoms with Crippen LogP contribution in [0.25, 0.3) is 0 Å². The molecule has 22 heavy (non-hydrogen) atoms. The number of hydrogen-bond donors (Lipinski definition) is 0. The van der Waals surface area contributed by atoms with Crippen molar-refractivity contribution in [2.45, 2.75) is 33.3 Å². The van der Waals surface area contributed by atoms with E-state index in [0.29, 0.717) is 0 Å². The summed E-state index contributed by atoms with van der Waals surface area (Å²) in [6, 6.07) is 9.53. The third-order valence-electron chi connectivity index (χ3n) is 3.32. The highest BCUT2D eigenvalue weighted by Crippen LogP contribution is 2.33. The molecule has 2 nitrogen and oxygen atoms in total. The Morgan fingerprint density at radius 2 is 1.82 bits per heavy atom. The van der Waals surface area contributed by atoms with Gasteiger partial charge in [-0.3, -0.25) is 4.79 Å². The molecule has 0 saturated carbocycles. The van der Waals surface area contributed by atoms with Crippen LogP contribution < -0.4 is 0 Å². The van der Waals surface area contributed by atoms with Crippen molar-refractivity contribution in [1.29, 1.82) is 0 Å². The minimum absolute atomic E-state index is 0.212. The van der Waals surface area contributed by atoms with Gasteiger partial charge in [-0.05, 0) is 32.9 Å². The lowest BCUT2D eigenvalue weighted by Gasteiger charge is -2.31. The highest BCUT2D eigenvalue weighted by atomic mass is 16.6. The zero-order chi connectivity index (χ0) is 16.8. The lowest BCUT2D eigenvalue weighted by molar-refractivity contribution is -0.163. The molecule has 0 aliphatic rings. The Kier molecular flexibility index (Phi) is 5.77. The van der Waals surface area contributed by atoms with Gasteiger partial charge in [0.25, 0.3) is 0 Å². The van der Waals surface area contributed by atoms with Gasteiger partial charge < -0.3 is 4.74 Å². The molecule has 1 aromatic rings. The Hall–Kier alpha value is -2.27. The van der Waals surface area contributed by atoms with Crippen molar-refractivity contribution in [1.82, 2.24) is 0 Å². The van der Waals surface area contributed by atoms with Gasteiger partial charge in [-0.1, -0.05) is 49.1 Å². The lowest BCUT2D eigenvalue weighted by Crippen LogP contribution is -2.39. The van der Waals surface area contributed by atoms with Crippen LogP contribution in [-0.2, 0) is 9.53 Å². The zero-order valence-corrected chi connectivity index (χ0v) is 13.8. The van der Waals surface area contributed by atoms with Crippen molar-refractivity contribution in [3.63, 3.8) is 0 Å². The average molecular weight is 296 g/mol. The number of carbonyl (C=O) groups excluding carboxylic acids is 1. The van der Waals surface area contributed by atoms with Crippen molar-refractivity contribution in [2.24, 2.45) is 11.3 Å². The highest BCUT2D eigenvalue weighted by molar-refractivity contribution is 5.84. The molecule has 0 bridgehead atoms. The maximum atomic E-state index is 12.7. The van der Waals surface area contributed by atoms with Crippen molar-refractivity contribution >= 4 is 5.97 Å². The van der Waals surface area contributed by atoms with Crippen molar-refractivity contribution < 1.29 is 9.53 Å². The predicted octanol–water partition coefficient (Wildman–Crippen LogP) is 4.37. The van der Waals surface area contributed by atoms with Gasteiger partial charge in [-0.15, -0.1) is 13.2 Å². The molecular weight excluding hydrogens is 272 g/mol. The Labute approximate surface area is 133 Å². The zero-order valence-electron chi connectivity index (χ0n) is 13.8. The first kappa shape index (κ1) is 17.8. The topological polar surface area (TPSA) is 26.3 Å². The fraction of sp³-hybridized carbons (Fsp3) is 0.350. The van der Waals surface area contributed by atoms with E-state index in [1.165, 1.54) is 0 Å². The molecule has 0 saturated heterocycles. The number of esters is 1. The van der Waals surface area contributed by atoms with Crippen molar-refractivity contribution in [3.8, 4) is 11.8 Å². The molecule has 2 heteroatoms. The van der Waals surface area contributed by atoms with Crippen LogP contribution in [0.15, 0.2) is 55.6 Å². The highest BCUT2D eigenvalue weighted by Gasteiger charge is 2.41. The van der Waals surface area contributed by atoms with Crippen molar-refractivity contribution in [2.75, 3.05) is 0 Å². The van der Waals surface area contributed by atoms with Gasteiger partial charge in [-0.2, -0.15) is 0 Å². The first-order valence-corrected chi connectivity index (χ1v) is 7.33. The molecule has 116 valence electrons. The molecule has 0 fully saturated rings. The van der Waals surface area contributed by atoms with Gasteiger partial charge in [0.15, 0.2) is 5.41 Å². The molecule has 1 aromatic carbocycles. The Bertz CT molecular complexity index is 596. The largest absolute Gasteiger partial charge is 0.459 e. The second kappa shape index (κ2) is 7.13.